The molecule has 96 valence electrons. The fourth-order valence-electron chi connectivity index (χ4n) is 1.79. The van der Waals surface area contributed by atoms with Gasteiger partial charge in [-0.1, -0.05) is 0 Å². The Balaban J connectivity index is 1.93. The van der Waals surface area contributed by atoms with Crippen LogP contribution in [-0.2, 0) is 0 Å². The van der Waals surface area contributed by atoms with Gasteiger partial charge in [0.15, 0.2) is 5.84 Å². The van der Waals surface area contributed by atoms with E-state index in [1.54, 1.807) is 6.20 Å². The number of nitrogens with two attached hydrogens (primary N) is 1. The molecule has 0 aliphatic rings. The first kappa shape index (κ1) is 12.0. The first-order chi connectivity index (χ1) is 9.28. The van der Waals surface area contributed by atoms with Crippen molar-refractivity contribution >= 4 is 51.2 Å². The molecule has 0 radical (unpaired) electrons. The van der Waals surface area contributed by atoms with Crippen LogP contribution in [0.15, 0.2) is 40.4 Å². The van der Waals surface area contributed by atoms with Crippen molar-refractivity contribution in [1.29, 1.82) is 0 Å². The van der Waals surface area contributed by atoms with Gasteiger partial charge in [0.2, 0.25) is 0 Å². The van der Waals surface area contributed by atoms with Crippen molar-refractivity contribution in [2.75, 3.05) is 11.1 Å². The molecule has 0 fully saturated rings. The maximum absolute atomic E-state index is 5.86. The van der Waals surface area contributed by atoms with Gasteiger partial charge in [0.1, 0.15) is 0 Å². The Labute approximate surface area is 118 Å². The zero-order valence-electron chi connectivity index (χ0n) is 9.72. The van der Waals surface area contributed by atoms with Crippen molar-refractivity contribution in [3.8, 4) is 0 Å². The molecule has 19 heavy (non-hydrogen) atoms. The summed E-state index contributed by atoms with van der Waals surface area (Å²) in [6, 6.07) is 7.65. The smallest absolute Gasteiger partial charge is 0.164 e. The van der Waals surface area contributed by atoms with Gasteiger partial charge in [-0.2, -0.15) is 9.61 Å². The zero-order chi connectivity index (χ0) is 13.2. The minimum atomic E-state index is 0.539. The monoisotopic (exact) mass is 291 g/mol. The number of nitrogens with zero attached hydrogens (tertiary/aromatic N) is 2. The predicted molar refractivity (Wildman–Crippen MR) is 80.8 cm³/mol. The van der Waals surface area contributed by atoms with Crippen LogP contribution >= 0.6 is 23.1 Å². The van der Waals surface area contributed by atoms with Crippen molar-refractivity contribution in [3.63, 3.8) is 0 Å². The zero-order valence-corrected chi connectivity index (χ0v) is 11.3. The number of aromatic amines is 1. The number of thiophene rings is 1. The average Bonchev–Trinajstić information content (AvgIpc) is 3.04. The third-order valence-electron chi connectivity index (χ3n) is 2.70. The lowest BCUT2D eigenvalue weighted by Crippen LogP contribution is -2.12. The van der Waals surface area contributed by atoms with Gasteiger partial charge < -0.3 is 11.1 Å². The summed E-state index contributed by atoms with van der Waals surface area (Å²) in [6.45, 7) is 0. The van der Waals surface area contributed by atoms with Gasteiger partial charge in [-0.15, -0.1) is 11.3 Å². The second-order valence-corrected chi connectivity index (χ2v) is 5.02. The summed E-state index contributed by atoms with van der Waals surface area (Å²) in [4.78, 5) is 0.822. The lowest BCUT2D eigenvalue weighted by atomic mass is 10.2. The summed E-state index contributed by atoms with van der Waals surface area (Å²) in [6.07, 6.45) is 1.76. The third kappa shape index (κ3) is 2.27. The molecular weight excluding hydrogens is 282 g/mol. The first-order valence-electron chi connectivity index (χ1n) is 5.50. The molecule has 2 aromatic heterocycles. The average molecular weight is 292 g/mol. The molecule has 0 spiro atoms. The number of halogens is 1. The van der Waals surface area contributed by atoms with Gasteiger partial charge in [0, 0.05) is 22.9 Å². The van der Waals surface area contributed by atoms with E-state index in [0.717, 1.165) is 21.5 Å². The minimum Gasteiger partial charge on any atom is -0.397 e. The van der Waals surface area contributed by atoms with Crippen molar-refractivity contribution in [2.45, 2.75) is 0 Å². The van der Waals surface area contributed by atoms with Crippen LogP contribution in [0.4, 0.5) is 11.4 Å². The maximum Gasteiger partial charge on any atom is 0.164 e. The highest BCUT2D eigenvalue weighted by Gasteiger charge is 2.10. The number of amidine groups is 1. The number of anilines is 2. The summed E-state index contributed by atoms with van der Waals surface area (Å²) < 4.78 is 3.74. The first-order valence-corrected chi connectivity index (χ1v) is 6.72. The Hall–Kier alpha value is -2.05. The molecule has 3 aromatic rings. The standard InChI is InChI=1S/C12H10ClN5S/c13-17-12(11-9(14)3-4-19-11)16-8-1-2-10-7(5-8)6-15-18-10/h1-6H,14H2,(H,15,18)(H,16,17). The van der Waals surface area contributed by atoms with Crippen LogP contribution < -0.4 is 11.1 Å². The summed E-state index contributed by atoms with van der Waals surface area (Å²) in [5.74, 6) is 0.539. The van der Waals surface area contributed by atoms with Crippen molar-refractivity contribution in [2.24, 2.45) is 4.51 Å². The van der Waals surface area contributed by atoms with E-state index in [9.17, 15) is 0 Å². The molecule has 0 atom stereocenters. The highest BCUT2D eigenvalue weighted by Crippen LogP contribution is 2.23. The molecule has 0 bridgehead atoms. The molecule has 0 aliphatic heterocycles. The quantitative estimate of drug-likeness (QED) is 0.501. The van der Waals surface area contributed by atoms with Crippen LogP contribution in [-0.4, -0.2) is 16.0 Å². The van der Waals surface area contributed by atoms with Gasteiger partial charge in [0.25, 0.3) is 0 Å². The highest BCUT2D eigenvalue weighted by atomic mass is 35.5. The molecule has 2 heterocycles. The highest BCUT2D eigenvalue weighted by molar-refractivity contribution is 7.13. The summed E-state index contributed by atoms with van der Waals surface area (Å²) in [5.41, 5.74) is 8.37. The lowest BCUT2D eigenvalue weighted by Gasteiger charge is -2.07. The Kier molecular flexibility index (Phi) is 3.10. The van der Waals surface area contributed by atoms with Crippen molar-refractivity contribution in [3.05, 3.63) is 40.7 Å². The molecular formula is C12H10ClN5S. The number of nitrogens with one attached hydrogen (secondary N) is 2. The van der Waals surface area contributed by atoms with Crippen molar-refractivity contribution in [1.82, 2.24) is 10.2 Å². The molecule has 0 unspecified atom stereocenters. The topological polar surface area (TPSA) is 79.1 Å². The molecule has 5 nitrogen and oxygen atoms in total. The molecule has 1 aromatic carbocycles. The molecule has 0 saturated carbocycles. The number of rotatable bonds is 2. The summed E-state index contributed by atoms with van der Waals surface area (Å²) in [5, 5.41) is 12.9. The van der Waals surface area contributed by atoms with Crippen LogP contribution in [0.3, 0.4) is 0 Å². The Bertz CT molecular complexity index is 745. The van der Waals surface area contributed by atoms with Gasteiger partial charge in [-0.05, 0) is 29.6 Å². The second-order valence-electron chi connectivity index (χ2n) is 3.94. The molecule has 0 amide bonds. The minimum absolute atomic E-state index is 0.539. The largest absolute Gasteiger partial charge is 0.397 e. The van der Waals surface area contributed by atoms with Crippen LogP contribution in [0.2, 0.25) is 0 Å². The third-order valence-corrected chi connectivity index (χ3v) is 3.80. The SMILES string of the molecule is Nc1ccsc1C(=NCl)Nc1ccc2[nH]ncc2c1. The van der Waals surface area contributed by atoms with Gasteiger partial charge in [0.05, 0.1) is 22.3 Å². The number of aromatic nitrogens is 2. The Morgan fingerprint density at radius 2 is 2.32 bits per heavy atom. The predicted octanol–water partition coefficient (Wildman–Crippen LogP) is 3.22. The molecule has 0 aliphatic carbocycles. The van der Waals surface area contributed by atoms with Crippen LogP contribution in [0, 0.1) is 0 Å². The second kappa shape index (κ2) is 4.91. The number of H-pyrrole nitrogens is 1. The van der Waals surface area contributed by atoms with E-state index in [4.69, 9.17) is 17.5 Å². The van der Waals surface area contributed by atoms with Crippen molar-refractivity contribution < 1.29 is 0 Å². The van der Waals surface area contributed by atoms with Gasteiger partial charge in [-0.25, -0.2) is 0 Å². The van der Waals surface area contributed by atoms with E-state index >= 15 is 0 Å². The number of benzene rings is 1. The Morgan fingerprint density at radius 1 is 1.42 bits per heavy atom. The Morgan fingerprint density at radius 3 is 3.05 bits per heavy atom. The normalized spacial score (nSPS) is 11.9. The fraction of sp³-hybridized carbons (Fsp3) is 0. The van der Waals surface area contributed by atoms with E-state index in [2.05, 4.69) is 20.0 Å². The van der Waals surface area contributed by atoms with Gasteiger partial charge in [-0.3, -0.25) is 5.10 Å². The molecule has 3 rings (SSSR count). The number of fused-ring (bicyclic) bond motifs is 1. The van der Waals surface area contributed by atoms with E-state index in [0.29, 0.717) is 11.5 Å². The van der Waals surface area contributed by atoms with Crippen LogP contribution in [0.5, 0.6) is 0 Å². The summed E-state index contributed by atoms with van der Waals surface area (Å²) in [7, 11) is 0. The number of hydrogen-bond donors (Lipinski definition) is 3. The van der Waals surface area contributed by atoms with Crippen LogP contribution in [0.1, 0.15) is 4.88 Å². The van der Waals surface area contributed by atoms with E-state index in [-0.39, 0.29) is 0 Å². The number of hydrogen-bond acceptors (Lipinski definition) is 4. The molecule has 7 heteroatoms. The van der Waals surface area contributed by atoms with E-state index in [1.165, 1.54) is 11.3 Å². The molecule has 4 N–H and O–H groups in total. The number of nitrogen functional groups attached to an aromatic ring is 1. The van der Waals surface area contributed by atoms with Gasteiger partial charge >= 0.3 is 0 Å². The van der Waals surface area contributed by atoms with E-state index in [1.807, 2.05) is 29.6 Å². The maximum atomic E-state index is 5.86. The fourth-order valence-corrected chi connectivity index (χ4v) is 2.73. The molecule has 0 saturated heterocycles. The van der Waals surface area contributed by atoms with Crippen LogP contribution in [0.25, 0.3) is 10.9 Å². The van der Waals surface area contributed by atoms with E-state index < -0.39 is 0 Å². The lowest BCUT2D eigenvalue weighted by molar-refractivity contribution is 1.12. The summed E-state index contributed by atoms with van der Waals surface area (Å²) >= 11 is 7.12.